The number of aliphatic hydroxyl groups is 1. The van der Waals surface area contributed by atoms with Gasteiger partial charge in [-0.05, 0) is 50.6 Å². The van der Waals surface area contributed by atoms with E-state index in [9.17, 15) is 9.50 Å². The van der Waals surface area contributed by atoms with Gasteiger partial charge in [-0.1, -0.05) is 0 Å². The fourth-order valence-corrected chi connectivity index (χ4v) is 2.25. The van der Waals surface area contributed by atoms with Crippen molar-refractivity contribution in [2.45, 2.75) is 33.4 Å². The number of hydrogen-bond donors (Lipinski definition) is 1. The summed E-state index contributed by atoms with van der Waals surface area (Å²) in [6, 6.07) is 6.94. The minimum absolute atomic E-state index is 0.293. The quantitative estimate of drug-likeness (QED) is 0.903. The van der Waals surface area contributed by atoms with Gasteiger partial charge in [0, 0.05) is 17.8 Å². The number of rotatable bonds is 5. The molecule has 0 spiro atoms. The van der Waals surface area contributed by atoms with E-state index in [1.165, 1.54) is 6.07 Å². The maximum Gasteiger partial charge on any atom is 0.126 e. The number of halogens is 1. The van der Waals surface area contributed by atoms with Gasteiger partial charge in [0.05, 0.1) is 18.9 Å². The Morgan fingerprint density at radius 2 is 2.15 bits per heavy atom. The van der Waals surface area contributed by atoms with Crippen LogP contribution in [-0.2, 0) is 6.54 Å². The molecule has 0 unspecified atom stereocenters. The van der Waals surface area contributed by atoms with Crippen LogP contribution in [0.3, 0.4) is 0 Å². The number of benzene rings is 1. The molecule has 108 valence electrons. The topological polar surface area (TPSA) is 36.6 Å². The maximum atomic E-state index is 13.7. The molecular weight excluding hydrogens is 257 g/mol. The highest BCUT2D eigenvalue weighted by atomic mass is 19.1. The number of aryl methyl sites for hydroxylation is 1. The molecule has 4 heteroatoms. The van der Waals surface area contributed by atoms with Crippen molar-refractivity contribution < 1.29 is 13.9 Å². The van der Waals surface area contributed by atoms with Gasteiger partial charge in [0.2, 0.25) is 0 Å². The van der Waals surface area contributed by atoms with E-state index < -0.39 is 6.10 Å². The molecule has 2 aromatic rings. The van der Waals surface area contributed by atoms with E-state index >= 15 is 0 Å². The molecule has 1 aromatic heterocycles. The van der Waals surface area contributed by atoms with Crippen molar-refractivity contribution in [2.75, 3.05) is 11.4 Å². The number of anilines is 1. The van der Waals surface area contributed by atoms with E-state index in [1.807, 2.05) is 19.1 Å². The zero-order valence-corrected chi connectivity index (χ0v) is 12.1. The summed E-state index contributed by atoms with van der Waals surface area (Å²) in [6.45, 7) is 6.73. The van der Waals surface area contributed by atoms with Crippen LogP contribution >= 0.6 is 0 Å². The lowest BCUT2D eigenvalue weighted by molar-refractivity contribution is 0.199. The summed E-state index contributed by atoms with van der Waals surface area (Å²) in [7, 11) is 0. The summed E-state index contributed by atoms with van der Waals surface area (Å²) in [5, 5.41) is 9.87. The van der Waals surface area contributed by atoms with Gasteiger partial charge in [0.25, 0.3) is 0 Å². The fourth-order valence-electron chi connectivity index (χ4n) is 2.25. The molecule has 0 saturated carbocycles. The normalized spacial score (nSPS) is 12.4. The van der Waals surface area contributed by atoms with E-state index in [0.717, 1.165) is 18.0 Å². The largest absolute Gasteiger partial charge is 0.467 e. The van der Waals surface area contributed by atoms with E-state index in [2.05, 4.69) is 4.90 Å². The third-order valence-corrected chi connectivity index (χ3v) is 3.41. The van der Waals surface area contributed by atoms with Crippen molar-refractivity contribution in [2.24, 2.45) is 0 Å². The maximum absolute atomic E-state index is 13.7. The van der Waals surface area contributed by atoms with Crippen LogP contribution in [0.25, 0.3) is 0 Å². The first-order chi connectivity index (χ1) is 9.52. The molecule has 0 aliphatic rings. The number of hydrogen-bond acceptors (Lipinski definition) is 3. The monoisotopic (exact) mass is 277 g/mol. The second kappa shape index (κ2) is 6.09. The zero-order valence-electron chi connectivity index (χ0n) is 12.1. The van der Waals surface area contributed by atoms with Crippen LogP contribution in [0.5, 0.6) is 0 Å². The first-order valence-corrected chi connectivity index (χ1v) is 6.78. The Morgan fingerprint density at radius 1 is 1.40 bits per heavy atom. The van der Waals surface area contributed by atoms with E-state index in [1.54, 1.807) is 26.2 Å². The van der Waals surface area contributed by atoms with E-state index in [4.69, 9.17) is 4.42 Å². The average molecular weight is 277 g/mol. The molecule has 1 heterocycles. The molecule has 0 amide bonds. The van der Waals surface area contributed by atoms with Gasteiger partial charge in [-0.25, -0.2) is 4.39 Å². The van der Waals surface area contributed by atoms with Crippen LogP contribution in [-0.4, -0.2) is 11.7 Å². The lowest BCUT2D eigenvalue weighted by Gasteiger charge is -2.26. The highest BCUT2D eigenvalue weighted by Gasteiger charge is 2.17. The Balaban J connectivity index is 2.39. The summed E-state index contributed by atoms with van der Waals surface area (Å²) < 4.78 is 19.1. The Hall–Kier alpha value is -1.81. The molecular formula is C16H20FNO2. The number of aliphatic hydroxyl groups excluding tert-OH is 1. The molecule has 0 aliphatic carbocycles. The van der Waals surface area contributed by atoms with Crippen LogP contribution in [0.4, 0.5) is 10.1 Å². The van der Waals surface area contributed by atoms with E-state index in [0.29, 0.717) is 17.7 Å². The van der Waals surface area contributed by atoms with Gasteiger partial charge in [0.15, 0.2) is 0 Å². The lowest BCUT2D eigenvalue weighted by atomic mass is 10.0. The van der Waals surface area contributed by atoms with Crippen molar-refractivity contribution in [3.05, 3.63) is 53.2 Å². The van der Waals surface area contributed by atoms with Gasteiger partial charge in [-0.3, -0.25) is 0 Å². The van der Waals surface area contributed by atoms with Crippen LogP contribution in [0.15, 0.2) is 34.9 Å². The van der Waals surface area contributed by atoms with E-state index in [-0.39, 0.29) is 5.82 Å². The van der Waals surface area contributed by atoms with Crippen molar-refractivity contribution in [3.8, 4) is 0 Å². The van der Waals surface area contributed by atoms with Crippen LogP contribution in [0.1, 0.15) is 36.8 Å². The lowest BCUT2D eigenvalue weighted by Crippen LogP contribution is -2.23. The van der Waals surface area contributed by atoms with Gasteiger partial charge < -0.3 is 14.4 Å². The molecule has 0 saturated heterocycles. The van der Waals surface area contributed by atoms with Crippen molar-refractivity contribution in [3.63, 3.8) is 0 Å². The predicted molar refractivity (Wildman–Crippen MR) is 77.2 cm³/mol. The summed E-state index contributed by atoms with van der Waals surface area (Å²) in [6.07, 6.45) is 0.917. The number of furan rings is 1. The predicted octanol–water partition coefficient (Wildman–Crippen LogP) is 3.81. The summed E-state index contributed by atoms with van der Waals surface area (Å²) in [4.78, 5) is 2.06. The third-order valence-electron chi connectivity index (χ3n) is 3.41. The SMILES string of the molecule is CCN(Cc1ccco1)c1cc(C)c(F)cc1[C@@H](C)O. The van der Waals surface area contributed by atoms with Gasteiger partial charge in [0.1, 0.15) is 11.6 Å². The standard InChI is InChI=1S/C16H20FNO2/c1-4-18(10-13-6-5-7-20-13)16-8-11(2)15(17)9-14(16)12(3)19/h5-9,12,19H,4,10H2,1-3H3/t12-/m1/s1. The summed E-state index contributed by atoms with van der Waals surface area (Å²) >= 11 is 0. The minimum Gasteiger partial charge on any atom is -0.467 e. The van der Waals surface area contributed by atoms with Gasteiger partial charge in [-0.2, -0.15) is 0 Å². The molecule has 0 fully saturated rings. The first kappa shape index (κ1) is 14.6. The minimum atomic E-state index is -0.717. The van der Waals surface area contributed by atoms with Crippen LogP contribution < -0.4 is 4.90 Å². The smallest absolute Gasteiger partial charge is 0.126 e. The molecule has 20 heavy (non-hydrogen) atoms. The molecule has 1 aromatic carbocycles. The first-order valence-electron chi connectivity index (χ1n) is 6.78. The number of nitrogens with zero attached hydrogens (tertiary/aromatic N) is 1. The van der Waals surface area contributed by atoms with Gasteiger partial charge in [-0.15, -0.1) is 0 Å². The van der Waals surface area contributed by atoms with Gasteiger partial charge >= 0.3 is 0 Å². The Labute approximate surface area is 118 Å². The second-order valence-electron chi connectivity index (χ2n) is 4.93. The highest BCUT2D eigenvalue weighted by Crippen LogP contribution is 2.30. The van der Waals surface area contributed by atoms with Crippen molar-refractivity contribution in [1.29, 1.82) is 0 Å². The molecule has 0 bridgehead atoms. The summed E-state index contributed by atoms with van der Waals surface area (Å²) in [5.41, 5.74) is 2.02. The molecule has 2 rings (SSSR count). The molecule has 3 nitrogen and oxygen atoms in total. The molecule has 0 aliphatic heterocycles. The summed E-state index contributed by atoms with van der Waals surface area (Å²) in [5.74, 6) is 0.545. The van der Waals surface area contributed by atoms with Crippen LogP contribution in [0.2, 0.25) is 0 Å². The molecule has 1 atom stereocenters. The Bertz CT molecular complexity index is 564. The second-order valence-corrected chi connectivity index (χ2v) is 4.93. The zero-order chi connectivity index (χ0) is 14.7. The molecule has 1 N–H and O–H groups in total. The highest BCUT2D eigenvalue weighted by molar-refractivity contribution is 5.56. The Kier molecular flexibility index (Phi) is 4.45. The average Bonchev–Trinajstić information content (AvgIpc) is 2.91. The van der Waals surface area contributed by atoms with Crippen LogP contribution in [0, 0.1) is 12.7 Å². The Morgan fingerprint density at radius 3 is 2.70 bits per heavy atom. The van der Waals surface area contributed by atoms with Crippen molar-refractivity contribution >= 4 is 5.69 Å². The van der Waals surface area contributed by atoms with Crippen molar-refractivity contribution in [1.82, 2.24) is 0 Å². The molecule has 0 radical (unpaired) electrons. The third kappa shape index (κ3) is 3.02. The fraction of sp³-hybridized carbons (Fsp3) is 0.375.